The van der Waals surface area contributed by atoms with Crippen molar-refractivity contribution < 1.29 is 19.2 Å². The van der Waals surface area contributed by atoms with Gasteiger partial charge in [-0.15, -0.1) is 0 Å². The molecule has 0 saturated carbocycles. The lowest BCUT2D eigenvalue weighted by Gasteiger charge is -2.32. The molecule has 0 radical (unpaired) electrons. The molecule has 7 heteroatoms. The van der Waals surface area contributed by atoms with E-state index in [1.54, 1.807) is 4.90 Å². The smallest absolute Gasteiger partial charge is 0.243 e. The molecule has 1 aliphatic carbocycles. The van der Waals surface area contributed by atoms with Crippen LogP contribution < -0.4 is 5.32 Å². The van der Waals surface area contributed by atoms with Gasteiger partial charge in [0.25, 0.3) is 0 Å². The number of carbonyl (C=O) groups is 4. The molecule has 0 unspecified atom stereocenters. The summed E-state index contributed by atoms with van der Waals surface area (Å²) >= 11 is 0. The molecule has 1 aliphatic heterocycles. The molecular formula is C30H35N3O4. The van der Waals surface area contributed by atoms with Crippen molar-refractivity contribution in [1.82, 2.24) is 15.1 Å². The van der Waals surface area contributed by atoms with E-state index in [1.807, 2.05) is 79.7 Å². The summed E-state index contributed by atoms with van der Waals surface area (Å²) in [5, 5.41) is 2.96. The van der Waals surface area contributed by atoms with Crippen molar-refractivity contribution in [2.45, 2.75) is 51.6 Å². The minimum atomic E-state index is -0.724. The van der Waals surface area contributed by atoms with Crippen LogP contribution in [0.4, 0.5) is 0 Å². The molecule has 2 aromatic carbocycles. The van der Waals surface area contributed by atoms with Gasteiger partial charge in [-0.1, -0.05) is 79.7 Å². The Kier molecular flexibility index (Phi) is 8.88. The highest BCUT2D eigenvalue weighted by atomic mass is 16.2. The Bertz CT molecular complexity index is 1110. The summed E-state index contributed by atoms with van der Waals surface area (Å²) in [6.07, 6.45) is 6.16. The Morgan fingerprint density at radius 3 is 2.05 bits per heavy atom. The molecule has 1 heterocycles. The molecule has 3 atom stereocenters. The molecule has 4 amide bonds. The van der Waals surface area contributed by atoms with Crippen molar-refractivity contribution in [1.29, 1.82) is 0 Å². The van der Waals surface area contributed by atoms with E-state index in [0.717, 1.165) is 17.5 Å². The first-order valence-corrected chi connectivity index (χ1v) is 13.1. The monoisotopic (exact) mass is 501 g/mol. The van der Waals surface area contributed by atoms with E-state index in [4.69, 9.17) is 0 Å². The van der Waals surface area contributed by atoms with Gasteiger partial charge in [-0.05, 0) is 30.4 Å². The lowest BCUT2D eigenvalue weighted by molar-refractivity contribution is -0.144. The molecule has 0 aromatic heterocycles. The second-order valence-electron chi connectivity index (χ2n) is 9.74. The molecule has 1 N–H and O–H groups in total. The lowest BCUT2D eigenvalue weighted by Crippen LogP contribution is -2.51. The van der Waals surface area contributed by atoms with Crippen molar-refractivity contribution in [2.75, 3.05) is 13.1 Å². The zero-order chi connectivity index (χ0) is 26.2. The number of carbonyl (C=O) groups excluding carboxylic acids is 4. The van der Waals surface area contributed by atoms with E-state index in [2.05, 4.69) is 5.32 Å². The van der Waals surface area contributed by atoms with Gasteiger partial charge in [0.1, 0.15) is 6.04 Å². The summed E-state index contributed by atoms with van der Waals surface area (Å²) < 4.78 is 0. The van der Waals surface area contributed by atoms with Crippen molar-refractivity contribution in [3.05, 3.63) is 83.9 Å². The zero-order valence-electron chi connectivity index (χ0n) is 21.3. The van der Waals surface area contributed by atoms with Crippen LogP contribution in [-0.4, -0.2) is 52.6 Å². The molecule has 37 heavy (non-hydrogen) atoms. The second-order valence-corrected chi connectivity index (χ2v) is 9.74. The molecule has 1 fully saturated rings. The fraction of sp³-hybridized carbons (Fsp3) is 0.400. The van der Waals surface area contributed by atoms with E-state index in [0.29, 0.717) is 25.8 Å². The maximum absolute atomic E-state index is 13.7. The minimum absolute atomic E-state index is 0.0243. The normalized spacial score (nSPS) is 19.4. The average molecular weight is 502 g/mol. The third-order valence-corrected chi connectivity index (χ3v) is 7.16. The van der Waals surface area contributed by atoms with Crippen LogP contribution in [0.15, 0.2) is 72.8 Å². The maximum atomic E-state index is 13.7. The fourth-order valence-electron chi connectivity index (χ4n) is 5.14. The van der Waals surface area contributed by atoms with Crippen molar-refractivity contribution in [2.24, 2.45) is 11.8 Å². The first-order valence-electron chi connectivity index (χ1n) is 13.1. The molecule has 7 nitrogen and oxygen atoms in total. The van der Waals surface area contributed by atoms with Gasteiger partial charge >= 0.3 is 0 Å². The molecule has 0 bridgehead atoms. The number of nitrogens with one attached hydrogen (secondary N) is 1. The van der Waals surface area contributed by atoms with Gasteiger partial charge in [-0.2, -0.15) is 0 Å². The van der Waals surface area contributed by atoms with Gasteiger partial charge in [-0.25, -0.2) is 0 Å². The van der Waals surface area contributed by atoms with Gasteiger partial charge in [0, 0.05) is 32.5 Å². The highest BCUT2D eigenvalue weighted by molar-refractivity contribution is 6.05. The van der Waals surface area contributed by atoms with E-state index >= 15 is 0 Å². The van der Waals surface area contributed by atoms with Gasteiger partial charge in [-0.3, -0.25) is 24.1 Å². The van der Waals surface area contributed by atoms with E-state index in [9.17, 15) is 19.2 Å². The SMILES string of the molecule is CCCNC(=O)[C@@H](Cc1ccccc1)N(Cc1ccccc1)C(=O)CCN1C(=O)[C@H]2CC=CC[C@H]2C1=O. The van der Waals surface area contributed by atoms with Crippen molar-refractivity contribution in [3.63, 3.8) is 0 Å². The second kappa shape index (κ2) is 12.5. The first kappa shape index (κ1) is 26.3. The van der Waals surface area contributed by atoms with E-state index in [1.165, 1.54) is 4.90 Å². The van der Waals surface area contributed by atoms with Crippen molar-refractivity contribution >= 4 is 23.6 Å². The summed E-state index contributed by atoms with van der Waals surface area (Å²) in [6, 6.07) is 18.5. The van der Waals surface area contributed by atoms with Gasteiger partial charge in [0.2, 0.25) is 23.6 Å². The largest absolute Gasteiger partial charge is 0.354 e. The number of amides is 4. The summed E-state index contributed by atoms with van der Waals surface area (Å²) in [5.41, 5.74) is 1.86. The molecule has 2 aromatic rings. The average Bonchev–Trinajstić information content (AvgIpc) is 3.18. The summed E-state index contributed by atoms with van der Waals surface area (Å²) in [4.78, 5) is 55.7. The number of benzene rings is 2. The standard InChI is InChI=1S/C30H35N3O4/c1-2-18-31-28(35)26(20-22-11-5-3-6-12-22)33(21-23-13-7-4-8-14-23)27(34)17-19-32-29(36)24-15-9-10-16-25(24)30(32)37/h3-14,24-26H,2,15-21H2,1H3,(H,31,35)/t24-,25+,26-/m1/s1. The number of imide groups is 1. The van der Waals surface area contributed by atoms with Crippen LogP contribution in [0, 0.1) is 11.8 Å². The number of likely N-dealkylation sites (tertiary alicyclic amines) is 1. The van der Waals surface area contributed by atoms with Crippen LogP contribution in [0.1, 0.15) is 43.7 Å². The van der Waals surface area contributed by atoms with Gasteiger partial charge < -0.3 is 10.2 Å². The summed E-state index contributed by atoms with van der Waals surface area (Å²) in [6.45, 7) is 2.79. The number of nitrogens with zero attached hydrogens (tertiary/aromatic N) is 2. The van der Waals surface area contributed by atoms with Crippen LogP contribution in [0.25, 0.3) is 0 Å². The van der Waals surface area contributed by atoms with Crippen LogP contribution >= 0.6 is 0 Å². The van der Waals surface area contributed by atoms with Crippen molar-refractivity contribution in [3.8, 4) is 0 Å². The van der Waals surface area contributed by atoms with Crippen LogP contribution in [0.5, 0.6) is 0 Å². The first-order chi connectivity index (χ1) is 18.0. The molecule has 2 aliphatic rings. The van der Waals surface area contributed by atoms with E-state index < -0.39 is 6.04 Å². The Morgan fingerprint density at radius 1 is 0.919 bits per heavy atom. The van der Waals surface area contributed by atoms with Gasteiger partial charge in [0.15, 0.2) is 0 Å². The predicted molar refractivity (Wildman–Crippen MR) is 141 cm³/mol. The predicted octanol–water partition coefficient (Wildman–Crippen LogP) is 3.49. The Morgan fingerprint density at radius 2 is 1.49 bits per heavy atom. The Hall–Kier alpha value is -3.74. The number of rotatable bonds is 11. The molecule has 4 rings (SSSR count). The Labute approximate surface area is 218 Å². The third kappa shape index (κ3) is 6.34. The highest BCUT2D eigenvalue weighted by Gasteiger charge is 2.47. The molecular weight excluding hydrogens is 466 g/mol. The fourth-order valence-corrected chi connectivity index (χ4v) is 5.14. The quantitative estimate of drug-likeness (QED) is 0.377. The lowest BCUT2D eigenvalue weighted by atomic mass is 9.85. The number of hydrogen-bond acceptors (Lipinski definition) is 4. The number of hydrogen-bond donors (Lipinski definition) is 1. The van der Waals surface area contributed by atoms with Crippen LogP contribution in [0.2, 0.25) is 0 Å². The van der Waals surface area contributed by atoms with Gasteiger partial charge in [0.05, 0.1) is 11.8 Å². The molecule has 194 valence electrons. The number of allylic oxidation sites excluding steroid dienone is 2. The van der Waals surface area contributed by atoms with E-state index in [-0.39, 0.29) is 55.0 Å². The molecule has 0 spiro atoms. The molecule has 1 saturated heterocycles. The summed E-state index contributed by atoms with van der Waals surface area (Å²) in [7, 11) is 0. The van der Waals surface area contributed by atoms with Crippen LogP contribution in [0.3, 0.4) is 0 Å². The number of fused-ring (bicyclic) bond motifs is 1. The third-order valence-electron chi connectivity index (χ3n) is 7.16. The highest BCUT2D eigenvalue weighted by Crippen LogP contribution is 2.35. The zero-order valence-corrected chi connectivity index (χ0v) is 21.3. The minimum Gasteiger partial charge on any atom is -0.354 e. The summed E-state index contributed by atoms with van der Waals surface area (Å²) in [5.74, 6) is -1.49. The topological polar surface area (TPSA) is 86.8 Å². The Balaban J connectivity index is 1.55. The maximum Gasteiger partial charge on any atom is 0.243 e. The van der Waals surface area contributed by atoms with Crippen LogP contribution in [-0.2, 0) is 32.1 Å².